The highest BCUT2D eigenvalue weighted by Crippen LogP contribution is 2.38. The molecule has 0 unspecified atom stereocenters. The maximum Gasteiger partial charge on any atom is 0.340 e. The van der Waals surface area contributed by atoms with Gasteiger partial charge in [0.2, 0.25) is 0 Å². The second kappa shape index (κ2) is 6.22. The Balaban J connectivity index is 2.80. The third-order valence-electron chi connectivity index (χ3n) is 2.99. The zero-order valence-electron chi connectivity index (χ0n) is 11.7. The lowest BCUT2D eigenvalue weighted by Crippen LogP contribution is -2.06. The molecular formula is C15H13BrFNO3. The Morgan fingerprint density at radius 3 is 2.67 bits per heavy atom. The van der Waals surface area contributed by atoms with E-state index in [1.54, 1.807) is 25.1 Å². The second-order valence-corrected chi connectivity index (χ2v) is 5.16. The fraction of sp³-hybridized carbons (Fsp3) is 0.200. The van der Waals surface area contributed by atoms with Crippen LogP contribution in [0.25, 0.3) is 11.1 Å². The summed E-state index contributed by atoms with van der Waals surface area (Å²) in [6.07, 6.45) is 1.37. The molecule has 0 radical (unpaired) electrons. The predicted molar refractivity (Wildman–Crippen MR) is 80.0 cm³/mol. The van der Waals surface area contributed by atoms with Crippen LogP contribution in [0, 0.1) is 12.7 Å². The minimum absolute atomic E-state index is 0.179. The molecule has 0 aliphatic carbocycles. The Hall–Kier alpha value is -1.95. The number of benzene rings is 1. The smallest absolute Gasteiger partial charge is 0.340 e. The first-order chi connectivity index (χ1) is 9.99. The van der Waals surface area contributed by atoms with Crippen molar-refractivity contribution in [2.45, 2.75) is 6.92 Å². The zero-order valence-corrected chi connectivity index (χ0v) is 13.3. The normalized spacial score (nSPS) is 10.3. The summed E-state index contributed by atoms with van der Waals surface area (Å²) in [5, 5.41) is 0. The van der Waals surface area contributed by atoms with Gasteiger partial charge in [-0.3, -0.25) is 4.98 Å². The van der Waals surface area contributed by atoms with Crippen molar-refractivity contribution in [3.63, 3.8) is 0 Å². The van der Waals surface area contributed by atoms with Crippen LogP contribution in [0.15, 0.2) is 28.9 Å². The third-order valence-corrected chi connectivity index (χ3v) is 3.60. The van der Waals surface area contributed by atoms with Gasteiger partial charge in [0.05, 0.1) is 29.8 Å². The molecule has 0 atom stereocenters. The number of nitrogens with zero attached hydrogens (tertiary/aromatic N) is 1. The number of ether oxygens (including phenoxy) is 2. The van der Waals surface area contributed by atoms with Crippen LogP contribution in [0.2, 0.25) is 0 Å². The molecule has 2 rings (SSSR count). The highest BCUT2D eigenvalue weighted by atomic mass is 79.9. The number of hydrogen-bond donors (Lipinski definition) is 0. The van der Waals surface area contributed by atoms with Gasteiger partial charge in [-0.15, -0.1) is 0 Å². The van der Waals surface area contributed by atoms with Crippen LogP contribution in [0.1, 0.15) is 16.1 Å². The van der Waals surface area contributed by atoms with Gasteiger partial charge in [-0.05, 0) is 41.1 Å². The predicted octanol–water partition coefficient (Wildman–Crippen LogP) is 3.75. The molecule has 6 heteroatoms. The Morgan fingerprint density at radius 2 is 2.05 bits per heavy atom. The van der Waals surface area contributed by atoms with Gasteiger partial charge in [-0.25, -0.2) is 9.18 Å². The Kier molecular flexibility index (Phi) is 4.57. The van der Waals surface area contributed by atoms with Crippen molar-refractivity contribution >= 4 is 21.9 Å². The van der Waals surface area contributed by atoms with Crippen LogP contribution in [0.4, 0.5) is 4.39 Å². The highest BCUT2D eigenvalue weighted by molar-refractivity contribution is 9.10. The van der Waals surface area contributed by atoms with Gasteiger partial charge in [-0.1, -0.05) is 0 Å². The van der Waals surface area contributed by atoms with E-state index in [9.17, 15) is 9.18 Å². The molecule has 0 saturated carbocycles. The van der Waals surface area contributed by atoms with Gasteiger partial charge in [0.1, 0.15) is 11.6 Å². The van der Waals surface area contributed by atoms with E-state index in [0.29, 0.717) is 17.0 Å². The maximum absolute atomic E-state index is 14.5. The summed E-state index contributed by atoms with van der Waals surface area (Å²) in [7, 11) is 2.71. The van der Waals surface area contributed by atoms with Crippen LogP contribution < -0.4 is 4.74 Å². The van der Waals surface area contributed by atoms with Gasteiger partial charge < -0.3 is 9.47 Å². The van der Waals surface area contributed by atoms with E-state index >= 15 is 0 Å². The van der Waals surface area contributed by atoms with E-state index in [2.05, 4.69) is 20.9 Å². The molecule has 0 spiro atoms. The fourth-order valence-corrected chi connectivity index (χ4v) is 2.32. The number of carbonyl (C=O) groups excluding carboxylic acids is 1. The quantitative estimate of drug-likeness (QED) is 0.788. The molecule has 1 heterocycles. The topological polar surface area (TPSA) is 48.4 Å². The summed E-state index contributed by atoms with van der Waals surface area (Å²) in [6.45, 7) is 1.76. The van der Waals surface area contributed by atoms with Crippen LogP contribution in [0.3, 0.4) is 0 Å². The Bertz CT molecular complexity index is 704. The molecule has 1 aromatic carbocycles. The van der Waals surface area contributed by atoms with Crippen molar-refractivity contribution in [3.8, 4) is 16.9 Å². The van der Waals surface area contributed by atoms with Crippen molar-refractivity contribution in [2.24, 2.45) is 0 Å². The monoisotopic (exact) mass is 353 g/mol. The van der Waals surface area contributed by atoms with E-state index < -0.39 is 11.8 Å². The standard InChI is InChI=1S/C15H13BrFNO3/c1-8-6-9(10(7-18-8)15(19)21-3)13-12(20-2)5-4-11(16)14(13)17/h4-7H,1-3H3. The van der Waals surface area contributed by atoms with Gasteiger partial charge >= 0.3 is 5.97 Å². The average molecular weight is 354 g/mol. The lowest BCUT2D eigenvalue weighted by molar-refractivity contribution is 0.0601. The number of rotatable bonds is 3. The summed E-state index contributed by atoms with van der Waals surface area (Å²) in [4.78, 5) is 15.9. The summed E-state index contributed by atoms with van der Waals surface area (Å²) in [5.74, 6) is -0.768. The van der Waals surface area contributed by atoms with Gasteiger partial charge in [0, 0.05) is 17.5 Å². The van der Waals surface area contributed by atoms with Crippen LogP contribution in [0.5, 0.6) is 5.75 Å². The maximum atomic E-state index is 14.5. The number of pyridine rings is 1. The highest BCUT2D eigenvalue weighted by Gasteiger charge is 2.22. The first-order valence-corrected chi connectivity index (χ1v) is 6.86. The molecule has 2 aromatic rings. The SMILES string of the molecule is COC(=O)c1cnc(C)cc1-c1c(OC)ccc(Br)c1F. The number of aromatic nitrogens is 1. The molecule has 0 fully saturated rings. The number of methoxy groups -OCH3 is 2. The molecule has 0 bridgehead atoms. The number of hydrogen-bond acceptors (Lipinski definition) is 4. The summed E-state index contributed by atoms with van der Waals surface area (Å²) in [6, 6.07) is 4.79. The molecule has 110 valence electrons. The van der Waals surface area contributed by atoms with Crippen LogP contribution >= 0.6 is 15.9 Å². The molecule has 21 heavy (non-hydrogen) atoms. The molecule has 0 saturated heterocycles. The summed E-state index contributed by atoms with van der Waals surface area (Å²) < 4.78 is 24.7. The van der Waals surface area contributed by atoms with Crippen LogP contribution in [-0.2, 0) is 4.74 Å². The third kappa shape index (κ3) is 2.90. The zero-order chi connectivity index (χ0) is 15.6. The lowest BCUT2D eigenvalue weighted by atomic mass is 9.99. The van der Waals surface area contributed by atoms with E-state index in [0.717, 1.165) is 0 Å². The lowest BCUT2D eigenvalue weighted by Gasteiger charge is -2.14. The molecule has 4 nitrogen and oxygen atoms in total. The summed E-state index contributed by atoms with van der Waals surface area (Å²) in [5.41, 5.74) is 1.40. The number of carbonyl (C=O) groups is 1. The average Bonchev–Trinajstić information content (AvgIpc) is 2.49. The molecule has 0 aliphatic heterocycles. The molecule has 1 aromatic heterocycles. The van der Waals surface area contributed by atoms with E-state index in [4.69, 9.17) is 9.47 Å². The largest absolute Gasteiger partial charge is 0.496 e. The second-order valence-electron chi connectivity index (χ2n) is 4.30. The molecule has 0 aliphatic rings. The van der Waals surface area contributed by atoms with Crippen molar-refractivity contribution in [1.29, 1.82) is 0 Å². The fourth-order valence-electron chi connectivity index (χ4n) is 1.99. The van der Waals surface area contributed by atoms with E-state index in [1.165, 1.54) is 20.4 Å². The van der Waals surface area contributed by atoms with Crippen molar-refractivity contribution in [2.75, 3.05) is 14.2 Å². The van der Waals surface area contributed by atoms with Gasteiger partial charge in [0.25, 0.3) is 0 Å². The Labute approximate surface area is 130 Å². The minimum Gasteiger partial charge on any atom is -0.496 e. The first-order valence-electron chi connectivity index (χ1n) is 6.07. The number of esters is 1. The number of halogens is 2. The first kappa shape index (κ1) is 15.4. The van der Waals surface area contributed by atoms with Crippen molar-refractivity contribution in [3.05, 3.63) is 45.9 Å². The van der Waals surface area contributed by atoms with Crippen molar-refractivity contribution < 1.29 is 18.7 Å². The van der Waals surface area contributed by atoms with E-state index in [-0.39, 0.29) is 15.6 Å². The Morgan fingerprint density at radius 1 is 1.33 bits per heavy atom. The van der Waals surface area contributed by atoms with Gasteiger partial charge in [-0.2, -0.15) is 0 Å². The molecular weight excluding hydrogens is 341 g/mol. The van der Waals surface area contributed by atoms with Crippen molar-refractivity contribution in [1.82, 2.24) is 4.98 Å². The van der Waals surface area contributed by atoms with Gasteiger partial charge in [0.15, 0.2) is 0 Å². The number of aryl methyl sites for hydroxylation is 1. The minimum atomic E-state index is -0.584. The molecule has 0 N–H and O–H groups in total. The van der Waals surface area contributed by atoms with Crippen LogP contribution in [-0.4, -0.2) is 25.2 Å². The van der Waals surface area contributed by atoms with E-state index in [1.807, 2.05) is 0 Å². The summed E-state index contributed by atoms with van der Waals surface area (Å²) >= 11 is 3.14. The molecule has 0 amide bonds.